The Hall–Kier alpha value is -1.65. The average Bonchev–Trinajstić information content (AvgIpc) is 2.17. The van der Waals surface area contributed by atoms with Gasteiger partial charge >= 0.3 is 5.97 Å². The van der Waals surface area contributed by atoms with Gasteiger partial charge in [-0.2, -0.15) is 0 Å². The molecule has 5 nitrogen and oxygen atoms in total. The van der Waals surface area contributed by atoms with E-state index in [4.69, 9.17) is 5.11 Å². The highest BCUT2D eigenvalue weighted by molar-refractivity contribution is 5.84. The molecule has 0 bridgehead atoms. The molecular weight excluding hydrogens is 206 g/mol. The van der Waals surface area contributed by atoms with Crippen LogP contribution in [0.1, 0.15) is 44.1 Å². The van der Waals surface area contributed by atoms with Crippen LogP contribution in [0, 0.1) is 0 Å². The fraction of sp³-hybridized carbons (Fsp3) is 0.545. The van der Waals surface area contributed by atoms with Crippen molar-refractivity contribution in [2.75, 3.05) is 5.32 Å². The summed E-state index contributed by atoms with van der Waals surface area (Å²) in [5, 5.41) is 11.9. The summed E-state index contributed by atoms with van der Waals surface area (Å²) in [4.78, 5) is 18.4. The molecule has 0 saturated carbocycles. The molecule has 88 valence electrons. The summed E-state index contributed by atoms with van der Waals surface area (Å²) in [6.07, 6.45) is 4.78. The van der Waals surface area contributed by atoms with Gasteiger partial charge in [-0.1, -0.05) is 13.3 Å². The Labute approximate surface area is 94.9 Å². The first-order chi connectivity index (χ1) is 7.44. The zero-order valence-electron chi connectivity index (χ0n) is 9.82. The van der Waals surface area contributed by atoms with Crippen molar-refractivity contribution in [1.82, 2.24) is 9.97 Å². The van der Waals surface area contributed by atoms with Crippen LogP contribution in [0.3, 0.4) is 0 Å². The Balaban J connectivity index is 2.72. The topological polar surface area (TPSA) is 75.1 Å². The van der Waals surface area contributed by atoms with Crippen molar-refractivity contribution in [2.45, 2.75) is 39.2 Å². The fourth-order valence-corrected chi connectivity index (χ4v) is 1.54. The molecule has 0 aliphatic carbocycles. The van der Waals surface area contributed by atoms with E-state index < -0.39 is 5.97 Å². The van der Waals surface area contributed by atoms with E-state index in [0.717, 1.165) is 12.8 Å². The summed E-state index contributed by atoms with van der Waals surface area (Å²) in [7, 11) is 0. The first-order valence-electron chi connectivity index (χ1n) is 5.28. The van der Waals surface area contributed by atoms with Crippen LogP contribution in [0.5, 0.6) is 0 Å². The molecule has 0 radical (unpaired) electrons. The third-order valence-electron chi connectivity index (χ3n) is 2.21. The van der Waals surface area contributed by atoms with E-state index in [1.165, 1.54) is 12.4 Å². The van der Waals surface area contributed by atoms with Crippen molar-refractivity contribution >= 4 is 11.8 Å². The Bertz CT molecular complexity index is 360. The monoisotopic (exact) mass is 223 g/mol. The number of anilines is 1. The number of hydrogen-bond donors (Lipinski definition) is 2. The summed E-state index contributed by atoms with van der Waals surface area (Å²) >= 11 is 0. The smallest absolute Gasteiger partial charge is 0.356 e. The molecule has 0 aliphatic rings. The van der Waals surface area contributed by atoms with Crippen molar-refractivity contribution in [3.63, 3.8) is 0 Å². The van der Waals surface area contributed by atoms with Crippen LogP contribution < -0.4 is 5.32 Å². The van der Waals surface area contributed by atoms with Gasteiger partial charge < -0.3 is 10.4 Å². The number of aromatic carboxylic acids is 1. The maximum atomic E-state index is 10.6. The van der Waals surface area contributed by atoms with Crippen molar-refractivity contribution in [1.29, 1.82) is 0 Å². The minimum absolute atomic E-state index is 0.0427. The molecule has 1 aromatic rings. The first-order valence-corrected chi connectivity index (χ1v) is 5.28. The normalized spacial score (nSPS) is 11.2. The lowest BCUT2D eigenvalue weighted by atomic mass is 9.99. The largest absolute Gasteiger partial charge is 0.476 e. The van der Waals surface area contributed by atoms with Gasteiger partial charge in [-0.15, -0.1) is 0 Å². The molecular formula is C11H17N3O2. The molecule has 0 amide bonds. The van der Waals surface area contributed by atoms with Crippen molar-refractivity contribution in [3.8, 4) is 0 Å². The van der Waals surface area contributed by atoms with E-state index in [0.29, 0.717) is 5.82 Å². The fourth-order valence-electron chi connectivity index (χ4n) is 1.54. The lowest BCUT2D eigenvalue weighted by molar-refractivity contribution is 0.0690. The van der Waals surface area contributed by atoms with Gasteiger partial charge in [0.2, 0.25) is 0 Å². The molecule has 0 aliphatic heterocycles. The van der Waals surface area contributed by atoms with Crippen LogP contribution in [-0.2, 0) is 0 Å². The predicted molar refractivity (Wildman–Crippen MR) is 61.6 cm³/mol. The Morgan fingerprint density at radius 2 is 2.12 bits per heavy atom. The molecule has 1 aromatic heterocycles. The second-order valence-corrected chi connectivity index (χ2v) is 4.35. The van der Waals surface area contributed by atoms with Gasteiger partial charge in [0.15, 0.2) is 5.69 Å². The number of hydrogen-bond acceptors (Lipinski definition) is 4. The Kier molecular flexibility index (Phi) is 3.82. The summed E-state index contributed by atoms with van der Waals surface area (Å²) < 4.78 is 0. The highest BCUT2D eigenvalue weighted by atomic mass is 16.4. The van der Waals surface area contributed by atoms with E-state index in [9.17, 15) is 4.79 Å². The summed E-state index contributed by atoms with van der Waals surface area (Å²) in [6.45, 7) is 6.26. The van der Waals surface area contributed by atoms with Crippen LogP contribution in [0.15, 0.2) is 12.4 Å². The third-order valence-corrected chi connectivity index (χ3v) is 2.21. The van der Waals surface area contributed by atoms with Gasteiger partial charge in [0.05, 0.1) is 12.4 Å². The zero-order chi connectivity index (χ0) is 12.2. The molecule has 1 rings (SSSR count). The maximum Gasteiger partial charge on any atom is 0.356 e. The molecule has 0 spiro atoms. The van der Waals surface area contributed by atoms with E-state index in [1.807, 2.05) is 0 Å². The van der Waals surface area contributed by atoms with Gasteiger partial charge in [0.1, 0.15) is 5.82 Å². The highest BCUT2D eigenvalue weighted by Crippen LogP contribution is 2.17. The van der Waals surface area contributed by atoms with Gasteiger partial charge in [-0.05, 0) is 20.3 Å². The van der Waals surface area contributed by atoms with E-state index >= 15 is 0 Å². The Morgan fingerprint density at radius 3 is 2.56 bits per heavy atom. The predicted octanol–water partition coefficient (Wildman–Crippen LogP) is 2.17. The first kappa shape index (κ1) is 12.4. The van der Waals surface area contributed by atoms with Gasteiger partial charge in [-0.25, -0.2) is 14.8 Å². The van der Waals surface area contributed by atoms with E-state index in [1.54, 1.807) is 0 Å². The van der Waals surface area contributed by atoms with Gasteiger partial charge in [0, 0.05) is 5.54 Å². The summed E-state index contributed by atoms with van der Waals surface area (Å²) in [5.41, 5.74) is -0.104. The number of aromatic nitrogens is 2. The molecule has 0 saturated heterocycles. The minimum Gasteiger partial charge on any atom is -0.476 e. The highest BCUT2D eigenvalue weighted by Gasteiger charge is 2.16. The quantitative estimate of drug-likeness (QED) is 0.800. The van der Waals surface area contributed by atoms with Crippen molar-refractivity contribution < 1.29 is 9.90 Å². The number of rotatable bonds is 5. The van der Waals surface area contributed by atoms with Crippen LogP contribution in [-0.4, -0.2) is 26.6 Å². The standard InChI is InChI=1S/C11H17N3O2/c1-4-5-11(2,3)14-9-7-12-8(6-13-9)10(15)16/h6-7H,4-5H2,1-3H3,(H,13,14)(H,15,16). The molecule has 0 unspecified atom stereocenters. The number of carboxylic acid groups (broad SMARTS) is 1. The molecule has 2 N–H and O–H groups in total. The lowest BCUT2D eigenvalue weighted by Crippen LogP contribution is -2.31. The average molecular weight is 223 g/mol. The Morgan fingerprint density at radius 1 is 1.44 bits per heavy atom. The SMILES string of the molecule is CCCC(C)(C)Nc1cnc(C(=O)O)cn1. The minimum atomic E-state index is -1.06. The molecule has 0 atom stereocenters. The van der Waals surface area contributed by atoms with E-state index in [2.05, 4.69) is 36.1 Å². The second kappa shape index (κ2) is 4.92. The zero-order valence-corrected chi connectivity index (χ0v) is 9.82. The van der Waals surface area contributed by atoms with Gasteiger partial charge in [0.25, 0.3) is 0 Å². The number of nitrogens with zero attached hydrogens (tertiary/aromatic N) is 2. The third kappa shape index (κ3) is 3.49. The second-order valence-electron chi connectivity index (χ2n) is 4.35. The number of carboxylic acids is 1. The van der Waals surface area contributed by atoms with Crippen LogP contribution in [0.25, 0.3) is 0 Å². The van der Waals surface area contributed by atoms with Crippen molar-refractivity contribution in [2.24, 2.45) is 0 Å². The molecule has 0 fully saturated rings. The van der Waals surface area contributed by atoms with E-state index in [-0.39, 0.29) is 11.2 Å². The van der Waals surface area contributed by atoms with Crippen molar-refractivity contribution in [3.05, 3.63) is 18.1 Å². The molecule has 5 heteroatoms. The van der Waals surface area contributed by atoms with Crippen LogP contribution in [0.4, 0.5) is 5.82 Å². The van der Waals surface area contributed by atoms with Crippen LogP contribution >= 0.6 is 0 Å². The maximum absolute atomic E-state index is 10.6. The molecule has 0 aromatic carbocycles. The number of carbonyl (C=O) groups is 1. The molecule has 16 heavy (non-hydrogen) atoms. The summed E-state index contributed by atoms with van der Waals surface area (Å²) in [5.74, 6) is -0.463. The molecule has 1 heterocycles. The van der Waals surface area contributed by atoms with Crippen LogP contribution in [0.2, 0.25) is 0 Å². The van der Waals surface area contributed by atoms with Gasteiger partial charge in [-0.3, -0.25) is 0 Å². The number of nitrogens with one attached hydrogen (secondary N) is 1. The lowest BCUT2D eigenvalue weighted by Gasteiger charge is -2.26. The summed E-state index contributed by atoms with van der Waals surface area (Å²) in [6, 6.07) is 0.